The van der Waals surface area contributed by atoms with Gasteiger partial charge in [-0.05, 0) is 21.5 Å². The topological polar surface area (TPSA) is 72.9 Å². The number of hydrogen-bond donors (Lipinski definition) is 2. The minimum Gasteiger partial charge on any atom is -0.364 e. The molecule has 0 saturated heterocycles. The Hall–Kier alpha value is -2.03. The maximum Gasteiger partial charge on any atom is 0.410 e. The van der Waals surface area contributed by atoms with Crippen molar-refractivity contribution in [1.82, 2.24) is 9.78 Å². The molecule has 0 spiro atoms. The molecule has 3 N–H and O–H groups in total. The van der Waals surface area contributed by atoms with Gasteiger partial charge in [-0.1, -0.05) is 30.3 Å². The van der Waals surface area contributed by atoms with Crippen molar-refractivity contribution in [3.05, 3.63) is 46.1 Å². The van der Waals surface area contributed by atoms with E-state index in [2.05, 4.69) is 26.3 Å². The maximum absolute atomic E-state index is 13.4. The van der Waals surface area contributed by atoms with Crippen molar-refractivity contribution in [3.63, 3.8) is 0 Å². The first-order chi connectivity index (χ1) is 10.8. The van der Waals surface area contributed by atoms with Gasteiger partial charge in [0.05, 0.1) is 10.5 Å². The second kappa shape index (κ2) is 5.55. The Balaban J connectivity index is 2.10. The highest BCUT2D eigenvalue weighted by atomic mass is 79.9. The Kier molecular flexibility index (Phi) is 3.83. The van der Waals surface area contributed by atoms with Crippen LogP contribution in [0.25, 0.3) is 0 Å². The molecule has 23 heavy (non-hydrogen) atoms. The number of rotatable bonds is 2. The van der Waals surface area contributed by atoms with Crippen molar-refractivity contribution in [3.8, 4) is 0 Å². The van der Waals surface area contributed by atoms with Gasteiger partial charge >= 0.3 is 6.18 Å². The van der Waals surface area contributed by atoms with Crippen molar-refractivity contribution in [2.45, 2.75) is 24.7 Å². The summed E-state index contributed by atoms with van der Waals surface area (Å²) in [5.41, 5.74) is 5.67. The normalized spacial score (nSPS) is 20.7. The van der Waals surface area contributed by atoms with Crippen LogP contribution in [0, 0.1) is 0 Å². The van der Waals surface area contributed by atoms with Gasteiger partial charge in [-0.25, -0.2) is 4.68 Å². The SMILES string of the molecule is NC(=O)c1nn2c(c1Br)N[C@H](c1ccccc1)C[C@@H]2C(F)(F)F. The monoisotopic (exact) mass is 388 g/mol. The zero-order valence-corrected chi connectivity index (χ0v) is 13.2. The number of hydrogen-bond acceptors (Lipinski definition) is 3. The predicted molar refractivity (Wildman–Crippen MR) is 81.0 cm³/mol. The summed E-state index contributed by atoms with van der Waals surface area (Å²) in [5, 5.41) is 6.74. The van der Waals surface area contributed by atoms with E-state index in [0.29, 0.717) is 0 Å². The number of alkyl halides is 3. The Labute approximate surface area is 137 Å². The molecule has 1 aromatic heterocycles. The summed E-state index contributed by atoms with van der Waals surface area (Å²) in [6.45, 7) is 0. The third-order valence-electron chi connectivity index (χ3n) is 3.73. The highest BCUT2D eigenvalue weighted by Gasteiger charge is 2.47. The van der Waals surface area contributed by atoms with Crippen LogP contribution in [0.4, 0.5) is 19.0 Å². The molecule has 122 valence electrons. The Morgan fingerprint density at radius 2 is 2.00 bits per heavy atom. The van der Waals surface area contributed by atoms with Gasteiger partial charge in [0.25, 0.3) is 5.91 Å². The average molecular weight is 389 g/mol. The summed E-state index contributed by atoms with van der Waals surface area (Å²) in [6, 6.07) is 6.42. The van der Waals surface area contributed by atoms with Crippen LogP contribution in [0.5, 0.6) is 0 Å². The number of anilines is 1. The molecule has 9 heteroatoms. The maximum atomic E-state index is 13.4. The highest BCUT2D eigenvalue weighted by Crippen LogP contribution is 2.46. The van der Waals surface area contributed by atoms with E-state index in [9.17, 15) is 18.0 Å². The number of amides is 1. The molecule has 0 fully saturated rings. The van der Waals surface area contributed by atoms with Gasteiger partial charge in [-0.2, -0.15) is 18.3 Å². The molecule has 1 aliphatic rings. The van der Waals surface area contributed by atoms with Crippen molar-refractivity contribution < 1.29 is 18.0 Å². The number of nitrogens with zero attached hydrogens (tertiary/aromatic N) is 2. The molecular weight excluding hydrogens is 377 g/mol. The first kappa shape index (κ1) is 15.9. The van der Waals surface area contributed by atoms with E-state index in [4.69, 9.17) is 5.73 Å². The largest absolute Gasteiger partial charge is 0.410 e. The lowest BCUT2D eigenvalue weighted by Gasteiger charge is -2.33. The number of carbonyl (C=O) groups is 1. The lowest BCUT2D eigenvalue weighted by atomic mass is 9.97. The van der Waals surface area contributed by atoms with Gasteiger partial charge in [-0.15, -0.1) is 0 Å². The molecule has 1 aromatic carbocycles. The zero-order chi connectivity index (χ0) is 16.8. The second-order valence-corrected chi connectivity index (χ2v) is 6.01. The fourth-order valence-corrected chi connectivity index (χ4v) is 3.22. The zero-order valence-electron chi connectivity index (χ0n) is 11.6. The van der Waals surface area contributed by atoms with Crippen LogP contribution in [-0.2, 0) is 0 Å². The minimum atomic E-state index is -4.50. The van der Waals surface area contributed by atoms with Gasteiger partial charge in [0.15, 0.2) is 11.7 Å². The molecule has 0 unspecified atom stereocenters. The Morgan fingerprint density at radius 3 is 2.57 bits per heavy atom. The summed E-state index contributed by atoms with van der Waals surface area (Å²) in [5.74, 6) is -0.793. The highest BCUT2D eigenvalue weighted by molar-refractivity contribution is 9.10. The molecule has 2 heterocycles. The Morgan fingerprint density at radius 1 is 1.35 bits per heavy atom. The minimum absolute atomic E-state index is 0.0984. The van der Waals surface area contributed by atoms with Crippen molar-refractivity contribution >= 4 is 27.7 Å². The van der Waals surface area contributed by atoms with E-state index < -0.39 is 24.2 Å². The summed E-state index contributed by atoms with van der Waals surface area (Å²) in [4.78, 5) is 11.4. The molecule has 0 radical (unpaired) electrons. The molecule has 2 atom stereocenters. The average Bonchev–Trinajstić information content (AvgIpc) is 2.84. The number of carbonyl (C=O) groups excluding carboxylic acids is 1. The number of fused-ring (bicyclic) bond motifs is 1. The van der Waals surface area contributed by atoms with Crippen LogP contribution in [0.2, 0.25) is 0 Å². The lowest BCUT2D eigenvalue weighted by Crippen LogP contribution is -2.35. The third-order valence-corrected chi connectivity index (χ3v) is 4.48. The van der Waals surface area contributed by atoms with Gasteiger partial charge in [0.1, 0.15) is 5.82 Å². The fraction of sp³-hybridized carbons (Fsp3) is 0.286. The number of aromatic nitrogens is 2. The van der Waals surface area contributed by atoms with E-state index in [1.807, 2.05) is 0 Å². The van der Waals surface area contributed by atoms with Gasteiger partial charge in [-0.3, -0.25) is 4.79 Å². The van der Waals surface area contributed by atoms with Gasteiger partial charge < -0.3 is 11.1 Å². The lowest BCUT2D eigenvalue weighted by molar-refractivity contribution is -0.173. The molecule has 0 bridgehead atoms. The quantitative estimate of drug-likeness (QED) is 0.827. The molecule has 5 nitrogen and oxygen atoms in total. The van der Waals surface area contributed by atoms with Crippen LogP contribution in [-0.4, -0.2) is 21.9 Å². The number of primary amides is 1. The molecular formula is C14H12BrF3N4O. The molecule has 1 amide bonds. The Bertz CT molecular complexity index is 744. The van der Waals surface area contributed by atoms with Crippen LogP contribution in [0.1, 0.15) is 34.6 Å². The van der Waals surface area contributed by atoms with Crippen LogP contribution in [0.3, 0.4) is 0 Å². The first-order valence-corrected chi connectivity index (χ1v) is 7.54. The smallest absolute Gasteiger partial charge is 0.364 e. The number of nitrogens with one attached hydrogen (secondary N) is 1. The van der Waals surface area contributed by atoms with Crippen molar-refractivity contribution in [2.24, 2.45) is 5.73 Å². The van der Waals surface area contributed by atoms with E-state index in [1.165, 1.54) is 0 Å². The summed E-state index contributed by atoms with van der Waals surface area (Å²) < 4.78 is 41.2. The van der Waals surface area contributed by atoms with Crippen LogP contribution in [0.15, 0.2) is 34.8 Å². The van der Waals surface area contributed by atoms with E-state index in [-0.39, 0.29) is 22.4 Å². The predicted octanol–water partition coefficient (Wildman–Crippen LogP) is 3.40. The summed E-state index contributed by atoms with van der Waals surface area (Å²) in [6.07, 6.45) is -4.73. The van der Waals surface area contributed by atoms with Gasteiger partial charge in [0.2, 0.25) is 0 Å². The molecule has 2 aromatic rings. The van der Waals surface area contributed by atoms with Gasteiger partial charge in [0, 0.05) is 6.42 Å². The first-order valence-electron chi connectivity index (χ1n) is 6.75. The number of nitrogens with two attached hydrogens (primary N) is 1. The number of halogens is 4. The van der Waals surface area contributed by atoms with Crippen molar-refractivity contribution in [2.75, 3.05) is 5.32 Å². The molecule has 0 saturated carbocycles. The molecule has 0 aliphatic carbocycles. The summed E-state index contributed by atoms with van der Waals surface area (Å²) in [7, 11) is 0. The van der Waals surface area contributed by atoms with Crippen LogP contribution < -0.4 is 11.1 Å². The fourth-order valence-electron chi connectivity index (χ4n) is 2.65. The number of benzene rings is 1. The molecule has 3 rings (SSSR count). The van der Waals surface area contributed by atoms with E-state index in [1.54, 1.807) is 30.3 Å². The second-order valence-electron chi connectivity index (χ2n) is 5.22. The van der Waals surface area contributed by atoms with Crippen molar-refractivity contribution in [1.29, 1.82) is 0 Å². The van der Waals surface area contributed by atoms with E-state index >= 15 is 0 Å². The van der Waals surface area contributed by atoms with Crippen LogP contribution >= 0.6 is 15.9 Å². The third kappa shape index (κ3) is 2.80. The molecule has 1 aliphatic heterocycles. The standard InChI is InChI=1S/C14H12BrF3N4O/c15-10-11(12(19)23)21-22-9(14(16,17)18)6-8(20-13(10)22)7-4-2-1-3-5-7/h1-5,8-9,20H,6H2,(H2,19,23)/t8-,9+/m0/s1. The van der Waals surface area contributed by atoms with E-state index in [0.717, 1.165) is 10.2 Å². The summed E-state index contributed by atoms with van der Waals surface area (Å²) >= 11 is 3.12.